The quantitative estimate of drug-likeness (QED) is 0.798. The lowest BCUT2D eigenvalue weighted by molar-refractivity contribution is 0.564. The minimum Gasteiger partial charge on any atom is -0.472 e. The summed E-state index contributed by atoms with van der Waals surface area (Å²) in [5.74, 6) is 0. The summed E-state index contributed by atoms with van der Waals surface area (Å²) in [6.45, 7) is 2.89. The van der Waals surface area contributed by atoms with Crippen molar-refractivity contribution in [3.8, 4) is 0 Å². The van der Waals surface area contributed by atoms with Crippen LogP contribution < -0.4 is 5.32 Å². The topological polar surface area (TPSA) is 25.2 Å². The third-order valence-electron chi connectivity index (χ3n) is 2.13. The van der Waals surface area contributed by atoms with Crippen molar-refractivity contribution in [2.24, 2.45) is 0 Å². The molecule has 14 heavy (non-hydrogen) atoms. The SMILES string of the molecule is Cc1ccc(NCc2ccoc2)cc1. The van der Waals surface area contributed by atoms with Gasteiger partial charge in [0.25, 0.3) is 0 Å². The molecule has 2 nitrogen and oxygen atoms in total. The van der Waals surface area contributed by atoms with Gasteiger partial charge in [-0.05, 0) is 25.1 Å². The van der Waals surface area contributed by atoms with Crippen LogP contribution >= 0.6 is 0 Å². The Kier molecular flexibility index (Phi) is 2.54. The number of furan rings is 1. The van der Waals surface area contributed by atoms with E-state index >= 15 is 0 Å². The van der Waals surface area contributed by atoms with Gasteiger partial charge in [-0.15, -0.1) is 0 Å². The van der Waals surface area contributed by atoms with Crippen LogP contribution in [0.2, 0.25) is 0 Å². The van der Waals surface area contributed by atoms with Gasteiger partial charge in [-0.3, -0.25) is 0 Å². The van der Waals surface area contributed by atoms with E-state index in [1.165, 1.54) is 5.56 Å². The Morgan fingerprint density at radius 2 is 1.93 bits per heavy atom. The van der Waals surface area contributed by atoms with Gasteiger partial charge in [0.1, 0.15) is 0 Å². The molecular weight excluding hydrogens is 174 g/mol. The summed E-state index contributed by atoms with van der Waals surface area (Å²) in [6, 6.07) is 10.3. The molecule has 0 fully saturated rings. The number of nitrogens with one attached hydrogen (secondary N) is 1. The zero-order chi connectivity index (χ0) is 9.80. The fourth-order valence-corrected chi connectivity index (χ4v) is 1.27. The molecule has 0 aliphatic carbocycles. The van der Waals surface area contributed by atoms with Crippen LogP contribution in [0.15, 0.2) is 47.3 Å². The smallest absolute Gasteiger partial charge is 0.0952 e. The highest BCUT2D eigenvalue weighted by atomic mass is 16.3. The van der Waals surface area contributed by atoms with Crippen LogP contribution in [0.3, 0.4) is 0 Å². The Balaban J connectivity index is 1.95. The van der Waals surface area contributed by atoms with Gasteiger partial charge in [0.2, 0.25) is 0 Å². The van der Waals surface area contributed by atoms with Gasteiger partial charge >= 0.3 is 0 Å². The fourth-order valence-electron chi connectivity index (χ4n) is 1.27. The van der Waals surface area contributed by atoms with E-state index in [1.54, 1.807) is 12.5 Å². The largest absolute Gasteiger partial charge is 0.472 e. The summed E-state index contributed by atoms with van der Waals surface area (Å²) < 4.78 is 4.98. The predicted molar refractivity (Wildman–Crippen MR) is 57.2 cm³/mol. The second kappa shape index (κ2) is 4.01. The van der Waals surface area contributed by atoms with Crippen molar-refractivity contribution in [1.29, 1.82) is 0 Å². The lowest BCUT2D eigenvalue weighted by Crippen LogP contribution is -1.97. The summed E-state index contributed by atoms with van der Waals surface area (Å²) in [7, 11) is 0. The molecule has 0 unspecified atom stereocenters. The van der Waals surface area contributed by atoms with Gasteiger partial charge in [-0.25, -0.2) is 0 Å². The normalized spacial score (nSPS) is 10.1. The number of hydrogen-bond donors (Lipinski definition) is 1. The summed E-state index contributed by atoms with van der Waals surface area (Å²) in [4.78, 5) is 0. The highest BCUT2D eigenvalue weighted by Gasteiger charge is 1.94. The van der Waals surface area contributed by atoms with E-state index in [2.05, 4.69) is 36.5 Å². The molecule has 2 rings (SSSR count). The van der Waals surface area contributed by atoms with Crippen molar-refractivity contribution >= 4 is 5.69 Å². The van der Waals surface area contributed by atoms with Crippen LogP contribution in [0.5, 0.6) is 0 Å². The van der Waals surface area contributed by atoms with E-state index < -0.39 is 0 Å². The first-order valence-electron chi connectivity index (χ1n) is 4.66. The number of anilines is 1. The second-order valence-corrected chi connectivity index (χ2v) is 3.35. The van der Waals surface area contributed by atoms with Crippen molar-refractivity contribution in [1.82, 2.24) is 0 Å². The van der Waals surface area contributed by atoms with Crippen LogP contribution in [-0.2, 0) is 6.54 Å². The van der Waals surface area contributed by atoms with Gasteiger partial charge in [0.15, 0.2) is 0 Å². The molecule has 0 saturated carbocycles. The Hall–Kier alpha value is -1.70. The molecule has 1 heterocycles. The highest BCUT2D eigenvalue weighted by molar-refractivity contribution is 5.44. The van der Waals surface area contributed by atoms with E-state index in [4.69, 9.17) is 4.42 Å². The number of hydrogen-bond acceptors (Lipinski definition) is 2. The van der Waals surface area contributed by atoms with Crippen molar-refractivity contribution in [2.75, 3.05) is 5.32 Å². The van der Waals surface area contributed by atoms with Crippen molar-refractivity contribution in [3.05, 3.63) is 54.0 Å². The molecule has 0 atom stereocenters. The molecular formula is C12H13NO. The minimum atomic E-state index is 0.805. The molecule has 0 saturated heterocycles. The summed E-state index contributed by atoms with van der Waals surface area (Å²) >= 11 is 0. The van der Waals surface area contributed by atoms with Crippen LogP contribution in [0.25, 0.3) is 0 Å². The number of rotatable bonds is 3. The van der Waals surface area contributed by atoms with E-state index in [0.717, 1.165) is 17.8 Å². The van der Waals surface area contributed by atoms with Crippen LogP contribution in [0.4, 0.5) is 5.69 Å². The average molecular weight is 187 g/mol. The van der Waals surface area contributed by atoms with Crippen LogP contribution in [0, 0.1) is 6.92 Å². The van der Waals surface area contributed by atoms with Gasteiger partial charge in [0.05, 0.1) is 12.5 Å². The first-order chi connectivity index (χ1) is 6.84. The average Bonchev–Trinajstić information content (AvgIpc) is 2.70. The zero-order valence-corrected chi connectivity index (χ0v) is 8.16. The molecule has 0 radical (unpaired) electrons. The Morgan fingerprint density at radius 1 is 1.14 bits per heavy atom. The number of benzene rings is 1. The molecule has 1 aromatic carbocycles. The molecule has 0 bridgehead atoms. The summed E-state index contributed by atoms with van der Waals surface area (Å²) in [6.07, 6.45) is 3.44. The van der Waals surface area contributed by atoms with Crippen LogP contribution in [0.1, 0.15) is 11.1 Å². The maximum Gasteiger partial charge on any atom is 0.0952 e. The predicted octanol–water partition coefficient (Wildman–Crippen LogP) is 3.20. The maximum atomic E-state index is 4.98. The highest BCUT2D eigenvalue weighted by Crippen LogP contribution is 2.10. The van der Waals surface area contributed by atoms with Crippen LogP contribution in [-0.4, -0.2) is 0 Å². The molecule has 2 aromatic rings. The lowest BCUT2D eigenvalue weighted by Gasteiger charge is -2.04. The molecule has 0 spiro atoms. The van der Waals surface area contributed by atoms with E-state index in [1.807, 2.05) is 6.07 Å². The Labute approximate surface area is 83.6 Å². The molecule has 0 aliphatic heterocycles. The molecule has 0 aliphatic rings. The van der Waals surface area contributed by atoms with Gasteiger partial charge in [-0.2, -0.15) is 0 Å². The molecule has 1 N–H and O–H groups in total. The van der Waals surface area contributed by atoms with Crippen molar-refractivity contribution in [2.45, 2.75) is 13.5 Å². The van der Waals surface area contributed by atoms with Gasteiger partial charge in [-0.1, -0.05) is 17.7 Å². The monoisotopic (exact) mass is 187 g/mol. The fraction of sp³-hybridized carbons (Fsp3) is 0.167. The standard InChI is InChI=1S/C12H13NO/c1-10-2-4-12(5-3-10)13-8-11-6-7-14-9-11/h2-7,9,13H,8H2,1H3. The molecule has 1 aromatic heterocycles. The van der Waals surface area contributed by atoms with E-state index in [0.29, 0.717) is 0 Å². The van der Waals surface area contributed by atoms with Gasteiger partial charge in [0, 0.05) is 17.8 Å². The molecule has 72 valence electrons. The van der Waals surface area contributed by atoms with Gasteiger partial charge < -0.3 is 9.73 Å². The second-order valence-electron chi connectivity index (χ2n) is 3.35. The first kappa shape index (κ1) is 8.88. The minimum absolute atomic E-state index is 0.805. The zero-order valence-electron chi connectivity index (χ0n) is 8.16. The van der Waals surface area contributed by atoms with Crippen molar-refractivity contribution < 1.29 is 4.42 Å². The Bertz CT molecular complexity index is 375. The maximum absolute atomic E-state index is 4.98. The van der Waals surface area contributed by atoms with E-state index in [9.17, 15) is 0 Å². The summed E-state index contributed by atoms with van der Waals surface area (Å²) in [5, 5.41) is 3.31. The first-order valence-corrected chi connectivity index (χ1v) is 4.66. The van der Waals surface area contributed by atoms with E-state index in [-0.39, 0.29) is 0 Å². The molecule has 0 amide bonds. The Morgan fingerprint density at radius 3 is 2.57 bits per heavy atom. The van der Waals surface area contributed by atoms with Crippen molar-refractivity contribution in [3.63, 3.8) is 0 Å². The third kappa shape index (κ3) is 2.16. The lowest BCUT2D eigenvalue weighted by atomic mass is 10.2. The molecule has 2 heteroatoms. The third-order valence-corrected chi connectivity index (χ3v) is 2.13. The summed E-state index contributed by atoms with van der Waals surface area (Å²) in [5.41, 5.74) is 3.57. The number of aryl methyl sites for hydroxylation is 1.